The molecule has 2 heteroatoms. The zero-order valence-corrected chi connectivity index (χ0v) is 7.58. The van der Waals surface area contributed by atoms with Crippen LogP contribution in [0.1, 0.15) is 12.8 Å². The molecule has 3 aliphatic rings. The summed E-state index contributed by atoms with van der Waals surface area (Å²) in [5.41, 5.74) is 0. The molecule has 0 spiro atoms. The lowest BCUT2D eigenvalue weighted by Gasteiger charge is -2.40. The van der Waals surface area contributed by atoms with E-state index in [-0.39, 0.29) is 0 Å². The highest BCUT2D eigenvalue weighted by atomic mass is 15.2. The summed E-state index contributed by atoms with van der Waals surface area (Å²) in [5, 5.41) is 0. The molecule has 3 rings (SSSR count). The quantitative estimate of drug-likeness (QED) is 0.499. The second-order valence-corrected chi connectivity index (χ2v) is 4.17. The first-order valence-electron chi connectivity index (χ1n) is 4.66. The number of rotatable bonds is 1. The van der Waals surface area contributed by atoms with Gasteiger partial charge >= 0.3 is 0 Å². The molecule has 0 aromatic heterocycles. The van der Waals surface area contributed by atoms with Gasteiger partial charge in [0.25, 0.3) is 0 Å². The lowest BCUT2D eigenvalue weighted by Crippen LogP contribution is -2.58. The molecule has 0 aromatic rings. The minimum Gasteiger partial charge on any atom is -0.301 e. The first-order valence-corrected chi connectivity index (χ1v) is 4.66. The Morgan fingerprint density at radius 1 is 1.18 bits per heavy atom. The summed E-state index contributed by atoms with van der Waals surface area (Å²) >= 11 is 0. The fraction of sp³-hybridized carbons (Fsp3) is 1.00. The van der Waals surface area contributed by atoms with E-state index in [1.54, 1.807) is 0 Å². The molecule has 11 heavy (non-hydrogen) atoms. The van der Waals surface area contributed by atoms with Crippen LogP contribution in [0, 0.1) is 5.92 Å². The smallest absolute Gasteiger partial charge is 0.138 e. The summed E-state index contributed by atoms with van der Waals surface area (Å²) < 4.78 is 0. The predicted molar refractivity (Wildman–Crippen MR) is 46.9 cm³/mol. The van der Waals surface area contributed by atoms with Gasteiger partial charge in [-0.3, -0.25) is 0 Å². The van der Waals surface area contributed by atoms with E-state index >= 15 is 0 Å². The second kappa shape index (κ2) is 2.76. The number of piperidine rings is 3. The maximum absolute atomic E-state index is 2.60. The van der Waals surface area contributed by atoms with Crippen LogP contribution < -0.4 is 4.90 Å². The molecule has 1 unspecified atom stereocenters. The minimum atomic E-state index is 0.845. The van der Waals surface area contributed by atoms with E-state index < -0.39 is 0 Å². The number of fused-ring (bicyclic) bond motifs is 3. The Morgan fingerprint density at radius 2 is 1.82 bits per heavy atom. The molecular formula is C9H18N2+. The fourth-order valence-electron chi connectivity index (χ4n) is 2.52. The largest absolute Gasteiger partial charge is 0.301 e. The summed E-state index contributed by atoms with van der Waals surface area (Å²) in [6.45, 7) is 4.03. The van der Waals surface area contributed by atoms with E-state index in [1.807, 2.05) is 0 Å². The molecule has 0 saturated carbocycles. The van der Waals surface area contributed by atoms with Crippen LogP contribution in [0.25, 0.3) is 0 Å². The molecule has 1 radical (unpaired) electrons. The van der Waals surface area contributed by atoms with E-state index in [1.165, 1.54) is 32.5 Å². The molecule has 0 aromatic carbocycles. The lowest BCUT2D eigenvalue weighted by atomic mass is 9.83. The molecule has 0 N–H and O–H groups in total. The highest BCUT2D eigenvalue weighted by molar-refractivity contribution is 4.93. The maximum Gasteiger partial charge on any atom is 0.138 e. The van der Waals surface area contributed by atoms with Crippen LogP contribution in [0.15, 0.2) is 0 Å². The summed E-state index contributed by atoms with van der Waals surface area (Å²) in [5.74, 6) is 0.995. The number of hydrogen-bond acceptors (Lipinski definition) is 2. The Balaban J connectivity index is 2.03. The number of nitrogens with zero attached hydrogens (tertiary/aromatic N) is 2. The van der Waals surface area contributed by atoms with Crippen molar-refractivity contribution >= 4 is 0 Å². The van der Waals surface area contributed by atoms with Gasteiger partial charge in [0.1, 0.15) is 19.6 Å². The number of likely N-dealkylation sites (N-methyl/N-ethyl adjacent to an activating group) is 1. The van der Waals surface area contributed by atoms with E-state index in [4.69, 9.17) is 0 Å². The van der Waals surface area contributed by atoms with Crippen molar-refractivity contribution < 1.29 is 0 Å². The van der Waals surface area contributed by atoms with E-state index in [0.717, 1.165) is 12.0 Å². The van der Waals surface area contributed by atoms with Gasteiger partial charge in [0, 0.05) is 12.8 Å². The minimum absolute atomic E-state index is 0.845. The molecule has 3 heterocycles. The Hall–Kier alpha value is -0.0800. The van der Waals surface area contributed by atoms with Crippen molar-refractivity contribution in [3.05, 3.63) is 0 Å². The Morgan fingerprint density at radius 3 is 2.09 bits per heavy atom. The molecule has 0 aliphatic carbocycles. The molecular weight excluding hydrogens is 136 g/mol. The summed E-state index contributed by atoms with van der Waals surface area (Å²) in [7, 11) is 4.43. The lowest BCUT2D eigenvalue weighted by molar-refractivity contribution is 0.0773. The Labute approximate surface area is 69.2 Å². The van der Waals surface area contributed by atoms with Crippen LogP contribution in [0.4, 0.5) is 0 Å². The van der Waals surface area contributed by atoms with Crippen molar-refractivity contribution in [2.45, 2.75) is 18.9 Å². The normalized spacial score (nSPS) is 43.4. The summed E-state index contributed by atoms with van der Waals surface area (Å²) in [6.07, 6.45) is 2.87. The zero-order chi connectivity index (χ0) is 7.84. The highest BCUT2D eigenvalue weighted by Gasteiger charge is 2.41. The summed E-state index contributed by atoms with van der Waals surface area (Å²) in [4.78, 5) is 5.00. The van der Waals surface area contributed by atoms with Crippen LogP contribution in [0.3, 0.4) is 0 Å². The fourth-order valence-corrected chi connectivity index (χ4v) is 2.52. The SMILES string of the molecule is CN(C)C1C[N+]2CCC1CC2. The van der Waals surface area contributed by atoms with Gasteiger partial charge in [-0.05, 0) is 20.0 Å². The highest BCUT2D eigenvalue weighted by Crippen LogP contribution is 2.27. The molecule has 3 fully saturated rings. The first-order chi connectivity index (χ1) is 5.27. The van der Waals surface area contributed by atoms with Crippen LogP contribution in [0.2, 0.25) is 0 Å². The molecule has 3 aliphatic heterocycles. The molecule has 0 amide bonds. The Bertz CT molecular complexity index is 136. The molecule has 63 valence electrons. The van der Waals surface area contributed by atoms with Crippen molar-refractivity contribution in [2.75, 3.05) is 33.7 Å². The third-order valence-corrected chi connectivity index (χ3v) is 3.28. The van der Waals surface area contributed by atoms with Gasteiger partial charge in [-0.25, -0.2) is 0 Å². The first kappa shape index (κ1) is 7.56. The van der Waals surface area contributed by atoms with Crippen molar-refractivity contribution in [1.29, 1.82) is 0 Å². The monoisotopic (exact) mass is 154 g/mol. The second-order valence-electron chi connectivity index (χ2n) is 4.17. The van der Waals surface area contributed by atoms with Crippen molar-refractivity contribution in [2.24, 2.45) is 5.92 Å². The van der Waals surface area contributed by atoms with Crippen molar-refractivity contribution in [1.82, 2.24) is 9.80 Å². The Kier molecular flexibility index (Phi) is 1.90. The molecule has 1 atom stereocenters. The zero-order valence-electron chi connectivity index (χ0n) is 7.58. The van der Waals surface area contributed by atoms with Crippen LogP contribution in [-0.2, 0) is 0 Å². The van der Waals surface area contributed by atoms with Gasteiger partial charge < -0.3 is 4.90 Å². The van der Waals surface area contributed by atoms with E-state index in [9.17, 15) is 0 Å². The van der Waals surface area contributed by atoms with Crippen LogP contribution >= 0.6 is 0 Å². The third-order valence-electron chi connectivity index (χ3n) is 3.28. The number of hydrogen-bond donors (Lipinski definition) is 0. The van der Waals surface area contributed by atoms with Gasteiger partial charge in [-0.15, -0.1) is 0 Å². The molecule has 2 bridgehead atoms. The van der Waals surface area contributed by atoms with E-state index in [0.29, 0.717) is 0 Å². The molecule has 2 nitrogen and oxygen atoms in total. The van der Waals surface area contributed by atoms with Gasteiger partial charge in [0.15, 0.2) is 0 Å². The van der Waals surface area contributed by atoms with Crippen LogP contribution in [0.5, 0.6) is 0 Å². The maximum atomic E-state index is 2.60. The molecule has 3 saturated heterocycles. The summed E-state index contributed by atoms with van der Waals surface area (Å²) in [6, 6.07) is 0.845. The topological polar surface area (TPSA) is 9.14 Å². The van der Waals surface area contributed by atoms with Gasteiger partial charge in [-0.2, -0.15) is 4.90 Å². The van der Waals surface area contributed by atoms with Gasteiger partial charge in [0.2, 0.25) is 0 Å². The standard InChI is InChI=1S/C9H18N2/c1-10(2)9-7-11-5-3-8(9)4-6-11/h8-9H,3-7H2,1-2H3/q+1. The average Bonchev–Trinajstić information content (AvgIpc) is 2.06. The average molecular weight is 154 g/mol. The third kappa shape index (κ3) is 1.30. The van der Waals surface area contributed by atoms with Gasteiger partial charge in [-0.1, -0.05) is 0 Å². The predicted octanol–water partition coefficient (Wildman–Crippen LogP) is 0.480. The van der Waals surface area contributed by atoms with Gasteiger partial charge in [0.05, 0.1) is 6.04 Å². The van der Waals surface area contributed by atoms with E-state index in [2.05, 4.69) is 23.9 Å². The van der Waals surface area contributed by atoms with Crippen molar-refractivity contribution in [3.63, 3.8) is 0 Å². The van der Waals surface area contributed by atoms with Crippen molar-refractivity contribution in [3.8, 4) is 0 Å². The van der Waals surface area contributed by atoms with Crippen LogP contribution in [-0.4, -0.2) is 44.7 Å².